The van der Waals surface area contributed by atoms with Crippen molar-refractivity contribution in [3.8, 4) is 0 Å². The van der Waals surface area contributed by atoms with Gasteiger partial charge in [-0.3, -0.25) is 4.90 Å². The lowest BCUT2D eigenvalue weighted by Gasteiger charge is -2.35. The molecule has 0 aliphatic heterocycles. The maximum Gasteiger partial charge on any atom is 0.401 e. The second kappa shape index (κ2) is 7.12. The fourth-order valence-electron chi connectivity index (χ4n) is 3.44. The predicted molar refractivity (Wildman–Crippen MR) is 74.7 cm³/mol. The van der Waals surface area contributed by atoms with E-state index in [0.717, 1.165) is 19.4 Å². The molecule has 2 rings (SSSR count). The summed E-state index contributed by atoms with van der Waals surface area (Å²) < 4.78 is 38.1. The largest absolute Gasteiger partial charge is 0.401 e. The third kappa shape index (κ3) is 5.24. The summed E-state index contributed by atoms with van der Waals surface area (Å²) in [4.78, 5) is 1.67. The van der Waals surface area contributed by atoms with Crippen molar-refractivity contribution in [3.05, 3.63) is 0 Å². The number of nitrogens with zero attached hydrogens (tertiary/aromatic N) is 1. The minimum absolute atomic E-state index is 0.168. The number of rotatable bonds is 7. The molecule has 0 aromatic heterocycles. The topological polar surface area (TPSA) is 15.3 Å². The molecule has 0 radical (unpaired) electrons. The Bertz CT molecular complexity index is 283. The highest BCUT2D eigenvalue weighted by atomic mass is 19.4. The van der Waals surface area contributed by atoms with E-state index < -0.39 is 12.7 Å². The van der Waals surface area contributed by atoms with Gasteiger partial charge in [0.25, 0.3) is 0 Å². The lowest BCUT2D eigenvalue weighted by Crippen LogP contribution is -2.49. The standard InChI is InChI=1S/C15H27F3N2/c1-2-19-14(12-6-4-3-5-7-12)10-20(13-8-9-13)11-15(16,17)18/h12-14,19H,2-11H2,1H3. The zero-order valence-electron chi connectivity index (χ0n) is 12.4. The molecule has 1 unspecified atom stereocenters. The highest BCUT2D eigenvalue weighted by Crippen LogP contribution is 2.32. The van der Waals surface area contributed by atoms with Crippen molar-refractivity contribution in [1.82, 2.24) is 10.2 Å². The molecule has 2 aliphatic rings. The first-order valence-corrected chi connectivity index (χ1v) is 8.04. The summed E-state index contributed by atoms with van der Waals surface area (Å²) in [5.41, 5.74) is 0. The van der Waals surface area contributed by atoms with Crippen LogP contribution in [0.25, 0.3) is 0 Å². The summed E-state index contributed by atoms with van der Waals surface area (Å²) in [6, 6.07) is 0.393. The van der Waals surface area contributed by atoms with E-state index in [9.17, 15) is 13.2 Å². The van der Waals surface area contributed by atoms with Crippen LogP contribution in [0, 0.1) is 5.92 Å². The lowest BCUT2D eigenvalue weighted by atomic mass is 9.83. The summed E-state index contributed by atoms with van der Waals surface area (Å²) >= 11 is 0. The molecular weight excluding hydrogens is 265 g/mol. The highest BCUT2D eigenvalue weighted by Gasteiger charge is 2.39. The molecule has 1 N–H and O–H groups in total. The van der Waals surface area contributed by atoms with Gasteiger partial charge in [-0.25, -0.2) is 0 Å². The number of hydrogen-bond acceptors (Lipinski definition) is 2. The fraction of sp³-hybridized carbons (Fsp3) is 1.00. The Morgan fingerprint density at radius 3 is 2.25 bits per heavy atom. The van der Waals surface area contributed by atoms with Gasteiger partial charge in [0.05, 0.1) is 6.54 Å². The molecule has 5 heteroatoms. The van der Waals surface area contributed by atoms with Crippen LogP contribution < -0.4 is 5.32 Å². The van der Waals surface area contributed by atoms with E-state index in [1.165, 1.54) is 32.1 Å². The summed E-state index contributed by atoms with van der Waals surface area (Å²) in [5.74, 6) is 0.554. The van der Waals surface area contributed by atoms with Crippen molar-refractivity contribution in [3.63, 3.8) is 0 Å². The smallest absolute Gasteiger partial charge is 0.313 e. The van der Waals surface area contributed by atoms with Crippen LogP contribution in [-0.4, -0.2) is 42.8 Å². The predicted octanol–water partition coefficient (Wildman–Crippen LogP) is 3.57. The maximum atomic E-state index is 12.7. The number of alkyl halides is 3. The van der Waals surface area contributed by atoms with Gasteiger partial charge in [-0.2, -0.15) is 13.2 Å². The van der Waals surface area contributed by atoms with Crippen LogP contribution in [0.4, 0.5) is 13.2 Å². The van der Waals surface area contributed by atoms with E-state index in [4.69, 9.17) is 0 Å². The number of halogens is 3. The van der Waals surface area contributed by atoms with Gasteiger partial charge in [-0.15, -0.1) is 0 Å². The molecule has 0 aromatic rings. The highest BCUT2D eigenvalue weighted by molar-refractivity contribution is 4.90. The Balaban J connectivity index is 1.92. The van der Waals surface area contributed by atoms with Gasteiger partial charge in [-0.1, -0.05) is 26.2 Å². The molecule has 0 saturated heterocycles. The molecule has 2 saturated carbocycles. The fourth-order valence-corrected chi connectivity index (χ4v) is 3.44. The number of hydrogen-bond donors (Lipinski definition) is 1. The lowest BCUT2D eigenvalue weighted by molar-refractivity contribution is -0.148. The third-order valence-electron chi connectivity index (χ3n) is 4.56. The van der Waals surface area contributed by atoms with Crippen molar-refractivity contribution >= 4 is 0 Å². The van der Waals surface area contributed by atoms with Gasteiger partial charge in [0.2, 0.25) is 0 Å². The first kappa shape index (κ1) is 16.1. The zero-order valence-corrected chi connectivity index (χ0v) is 12.4. The second-order valence-electron chi connectivity index (χ2n) is 6.34. The molecule has 118 valence electrons. The molecule has 1 atom stereocenters. The Hall–Kier alpha value is -0.290. The number of likely N-dealkylation sites (N-methyl/N-ethyl adjacent to an activating group) is 1. The van der Waals surface area contributed by atoms with E-state index in [1.54, 1.807) is 4.90 Å². The summed E-state index contributed by atoms with van der Waals surface area (Å²) in [5, 5.41) is 3.44. The van der Waals surface area contributed by atoms with Crippen molar-refractivity contribution in [2.45, 2.75) is 70.1 Å². The van der Waals surface area contributed by atoms with E-state index in [-0.39, 0.29) is 12.1 Å². The Morgan fingerprint density at radius 2 is 1.75 bits per heavy atom. The van der Waals surface area contributed by atoms with E-state index in [0.29, 0.717) is 12.5 Å². The molecule has 0 bridgehead atoms. The monoisotopic (exact) mass is 292 g/mol. The molecular formula is C15H27F3N2. The first-order chi connectivity index (χ1) is 9.49. The minimum atomic E-state index is -4.08. The van der Waals surface area contributed by atoms with Gasteiger partial charge >= 0.3 is 6.18 Å². The molecule has 2 nitrogen and oxygen atoms in total. The van der Waals surface area contributed by atoms with Crippen LogP contribution in [0.5, 0.6) is 0 Å². The van der Waals surface area contributed by atoms with E-state index in [2.05, 4.69) is 5.32 Å². The summed E-state index contributed by atoms with van der Waals surface area (Å²) in [6.07, 6.45) is 3.87. The van der Waals surface area contributed by atoms with Crippen molar-refractivity contribution < 1.29 is 13.2 Å². The molecule has 0 aromatic carbocycles. The quantitative estimate of drug-likeness (QED) is 0.771. The van der Waals surface area contributed by atoms with E-state index in [1.807, 2.05) is 6.92 Å². The molecule has 0 spiro atoms. The average Bonchev–Trinajstić information content (AvgIpc) is 3.21. The molecule has 0 amide bonds. The Morgan fingerprint density at radius 1 is 1.10 bits per heavy atom. The second-order valence-corrected chi connectivity index (χ2v) is 6.34. The van der Waals surface area contributed by atoms with Crippen LogP contribution in [0.1, 0.15) is 51.9 Å². The average molecular weight is 292 g/mol. The van der Waals surface area contributed by atoms with Crippen molar-refractivity contribution in [2.75, 3.05) is 19.6 Å². The Kier molecular flexibility index (Phi) is 5.73. The normalized spacial score (nSPS) is 23.2. The summed E-state index contributed by atoms with van der Waals surface area (Å²) in [6.45, 7) is 2.70. The van der Waals surface area contributed by atoms with Gasteiger partial charge in [-0.05, 0) is 38.1 Å². The van der Waals surface area contributed by atoms with E-state index >= 15 is 0 Å². The Labute approximate surface area is 120 Å². The van der Waals surface area contributed by atoms with Crippen LogP contribution in [0.15, 0.2) is 0 Å². The SMILES string of the molecule is CCNC(CN(CC(F)(F)F)C1CC1)C1CCCCC1. The zero-order chi connectivity index (χ0) is 14.6. The van der Waals surface area contributed by atoms with Gasteiger partial charge in [0, 0.05) is 18.6 Å². The molecule has 2 aliphatic carbocycles. The molecule has 20 heavy (non-hydrogen) atoms. The number of nitrogens with one attached hydrogen (secondary N) is 1. The molecule has 2 fully saturated rings. The van der Waals surface area contributed by atoms with Crippen LogP contribution >= 0.6 is 0 Å². The first-order valence-electron chi connectivity index (χ1n) is 8.04. The maximum absolute atomic E-state index is 12.7. The van der Waals surface area contributed by atoms with Gasteiger partial charge in [0.15, 0.2) is 0 Å². The van der Waals surface area contributed by atoms with Crippen molar-refractivity contribution in [1.29, 1.82) is 0 Å². The summed E-state index contributed by atoms with van der Waals surface area (Å²) in [7, 11) is 0. The van der Waals surface area contributed by atoms with Crippen LogP contribution in [0.2, 0.25) is 0 Å². The van der Waals surface area contributed by atoms with Crippen molar-refractivity contribution in [2.24, 2.45) is 5.92 Å². The van der Waals surface area contributed by atoms with Crippen LogP contribution in [-0.2, 0) is 0 Å². The third-order valence-corrected chi connectivity index (χ3v) is 4.56. The van der Waals surface area contributed by atoms with Crippen LogP contribution in [0.3, 0.4) is 0 Å². The van der Waals surface area contributed by atoms with Gasteiger partial charge in [0.1, 0.15) is 0 Å². The minimum Gasteiger partial charge on any atom is -0.313 e. The molecule has 0 heterocycles. The van der Waals surface area contributed by atoms with Gasteiger partial charge < -0.3 is 5.32 Å².